The summed E-state index contributed by atoms with van der Waals surface area (Å²) in [6, 6.07) is 3.45. The number of hydrogen-bond acceptors (Lipinski definition) is 7. The van der Waals surface area contributed by atoms with Gasteiger partial charge in [-0.25, -0.2) is 23.7 Å². The van der Waals surface area contributed by atoms with Crippen LogP contribution in [0.5, 0.6) is 0 Å². The second kappa shape index (κ2) is 8.85. The number of morpholine rings is 1. The van der Waals surface area contributed by atoms with E-state index in [0.717, 1.165) is 29.8 Å². The zero-order valence-corrected chi connectivity index (χ0v) is 20.4. The Hall–Kier alpha value is -3.53. The highest BCUT2D eigenvalue weighted by Gasteiger charge is 2.31. The molecule has 2 fully saturated rings. The molecule has 4 heterocycles. The van der Waals surface area contributed by atoms with Crippen LogP contribution in [0.4, 0.5) is 14.7 Å². The molecule has 1 saturated heterocycles. The Kier molecular flexibility index (Phi) is 5.63. The summed E-state index contributed by atoms with van der Waals surface area (Å²) in [6.45, 7) is 7.69. The quantitative estimate of drug-likeness (QED) is 0.405. The zero-order chi connectivity index (χ0) is 25.0. The molecule has 6 rings (SSSR count). The molecule has 1 aliphatic heterocycles. The van der Waals surface area contributed by atoms with Gasteiger partial charge < -0.3 is 9.64 Å². The van der Waals surface area contributed by atoms with E-state index in [4.69, 9.17) is 14.7 Å². The molecule has 1 aromatic carbocycles. The van der Waals surface area contributed by atoms with Gasteiger partial charge >= 0.3 is 0 Å². The Labute approximate surface area is 207 Å². The highest BCUT2D eigenvalue weighted by molar-refractivity contribution is 5.88. The van der Waals surface area contributed by atoms with E-state index in [1.807, 2.05) is 36.5 Å². The first-order chi connectivity index (χ1) is 17.3. The van der Waals surface area contributed by atoms with Crippen molar-refractivity contribution < 1.29 is 13.5 Å². The van der Waals surface area contributed by atoms with Gasteiger partial charge in [-0.15, -0.1) is 0 Å². The number of aromatic nitrogens is 6. The molecule has 2 aliphatic rings. The maximum atomic E-state index is 14.9. The topological polar surface area (TPSA) is 81.9 Å². The van der Waals surface area contributed by atoms with Crippen molar-refractivity contribution in [1.82, 2.24) is 29.7 Å². The van der Waals surface area contributed by atoms with E-state index in [-0.39, 0.29) is 23.5 Å². The molecule has 4 aromatic rings. The van der Waals surface area contributed by atoms with Crippen LogP contribution in [0.3, 0.4) is 0 Å². The Bertz CT molecular complexity index is 1450. The van der Waals surface area contributed by atoms with Crippen LogP contribution in [-0.2, 0) is 11.3 Å². The predicted molar refractivity (Wildman–Crippen MR) is 130 cm³/mol. The van der Waals surface area contributed by atoms with Crippen LogP contribution in [0.15, 0.2) is 30.6 Å². The van der Waals surface area contributed by atoms with Crippen molar-refractivity contribution in [3.8, 4) is 11.3 Å². The van der Waals surface area contributed by atoms with Crippen LogP contribution in [0.2, 0.25) is 0 Å². The average molecular weight is 492 g/mol. The van der Waals surface area contributed by atoms with Gasteiger partial charge in [0.2, 0.25) is 5.95 Å². The third kappa shape index (κ3) is 4.41. The van der Waals surface area contributed by atoms with E-state index in [2.05, 4.69) is 21.3 Å². The zero-order valence-electron chi connectivity index (χ0n) is 20.4. The lowest BCUT2D eigenvalue weighted by atomic mass is 10.1. The molecule has 8 nitrogen and oxygen atoms in total. The minimum atomic E-state index is -0.711. The summed E-state index contributed by atoms with van der Waals surface area (Å²) in [4.78, 5) is 20.7. The van der Waals surface area contributed by atoms with E-state index in [1.54, 1.807) is 0 Å². The molecule has 1 aliphatic carbocycles. The van der Waals surface area contributed by atoms with E-state index < -0.39 is 11.6 Å². The van der Waals surface area contributed by atoms with Crippen LogP contribution in [0.25, 0.3) is 22.4 Å². The average Bonchev–Trinajstić information content (AvgIpc) is 3.53. The molecule has 1 saturated carbocycles. The first-order valence-electron chi connectivity index (χ1n) is 12.2. The van der Waals surface area contributed by atoms with Crippen molar-refractivity contribution in [2.45, 2.75) is 52.4 Å². The van der Waals surface area contributed by atoms with E-state index in [1.165, 1.54) is 25.0 Å². The number of benzene rings is 1. The number of aryl methyl sites for hydroxylation is 2. The third-order valence-corrected chi connectivity index (χ3v) is 6.83. The van der Waals surface area contributed by atoms with Gasteiger partial charge in [-0.3, -0.25) is 4.68 Å². The van der Waals surface area contributed by atoms with E-state index >= 15 is 0 Å². The number of nitrogens with zero attached hydrogens (tertiary/aromatic N) is 7. The monoisotopic (exact) mass is 491 g/mol. The van der Waals surface area contributed by atoms with E-state index in [9.17, 15) is 8.78 Å². The summed E-state index contributed by atoms with van der Waals surface area (Å²) in [5.74, 6) is -0.230. The first kappa shape index (κ1) is 22.9. The molecule has 3 aromatic heterocycles. The van der Waals surface area contributed by atoms with Crippen molar-refractivity contribution >= 4 is 17.1 Å². The molecule has 10 heteroatoms. The fourth-order valence-corrected chi connectivity index (χ4v) is 4.62. The largest absolute Gasteiger partial charge is 0.367 e. The van der Waals surface area contributed by atoms with Crippen LogP contribution in [0, 0.1) is 31.4 Å². The van der Waals surface area contributed by atoms with Crippen LogP contribution < -0.4 is 4.90 Å². The Morgan fingerprint density at radius 1 is 1.03 bits per heavy atom. The van der Waals surface area contributed by atoms with Gasteiger partial charge in [-0.1, -0.05) is 0 Å². The highest BCUT2D eigenvalue weighted by Crippen LogP contribution is 2.33. The smallest absolute Gasteiger partial charge is 0.228 e. The third-order valence-electron chi connectivity index (χ3n) is 6.83. The molecule has 0 bridgehead atoms. The van der Waals surface area contributed by atoms with Crippen molar-refractivity contribution in [3.05, 3.63) is 59.2 Å². The Balaban J connectivity index is 1.40. The summed E-state index contributed by atoms with van der Waals surface area (Å²) in [5, 5.41) is 4.52. The normalized spacial score (nSPS) is 20.3. The standard InChI is InChI=1S/C26H27F2N7O/c1-14-10-34(13-22(36-14)18-9-29-35(12-18)11-17-4-5-17)26-32-23(20-7-6-19(27)8-21(20)28)24-25(33-26)31-16(3)15(2)30-24/h6-9,12,14,17,22H,4-5,10-11,13H2,1-3H3/t14-,22+/m1/s1. The van der Waals surface area contributed by atoms with Crippen LogP contribution >= 0.6 is 0 Å². The Morgan fingerprint density at radius 3 is 2.61 bits per heavy atom. The van der Waals surface area contributed by atoms with Gasteiger partial charge in [0, 0.05) is 36.5 Å². The van der Waals surface area contributed by atoms with Gasteiger partial charge in [-0.2, -0.15) is 10.1 Å². The number of hydrogen-bond donors (Lipinski definition) is 0. The second-order valence-electron chi connectivity index (χ2n) is 9.84. The summed E-state index contributed by atoms with van der Waals surface area (Å²) >= 11 is 0. The van der Waals surface area contributed by atoms with Crippen LogP contribution in [-0.4, -0.2) is 48.9 Å². The van der Waals surface area contributed by atoms with Gasteiger partial charge in [0.15, 0.2) is 5.65 Å². The molecule has 0 spiro atoms. The van der Waals surface area contributed by atoms with Crippen molar-refractivity contribution in [1.29, 1.82) is 0 Å². The van der Waals surface area contributed by atoms with Gasteiger partial charge in [-0.05, 0) is 51.7 Å². The number of anilines is 1. The van der Waals surface area contributed by atoms with Crippen molar-refractivity contribution in [2.75, 3.05) is 18.0 Å². The molecular formula is C26H27F2N7O. The highest BCUT2D eigenvalue weighted by atomic mass is 19.1. The second-order valence-corrected chi connectivity index (χ2v) is 9.84. The summed E-state index contributed by atoms with van der Waals surface area (Å²) in [7, 11) is 0. The van der Waals surface area contributed by atoms with Crippen molar-refractivity contribution in [2.24, 2.45) is 5.92 Å². The number of fused-ring (bicyclic) bond motifs is 1. The minimum absolute atomic E-state index is 0.0910. The van der Waals surface area contributed by atoms with Gasteiger partial charge in [0.05, 0.1) is 30.2 Å². The minimum Gasteiger partial charge on any atom is -0.367 e. The van der Waals surface area contributed by atoms with E-state index in [0.29, 0.717) is 35.9 Å². The Morgan fingerprint density at radius 2 is 1.83 bits per heavy atom. The molecule has 2 atom stereocenters. The maximum Gasteiger partial charge on any atom is 0.228 e. The molecule has 0 N–H and O–H groups in total. The lowest BCUT2D eigenvalue weighted by molar-refractivity contribution is -0.0178. The molecule has 36 heavy (non-hydrogen) atoms. The number of halogens is 2. The number of rotatable bonds is 5. The summed E-state index contributed by atoms with van der Waals surface area (Å²) in [5.41, 5.74) is 3.63. The fourth-order valence-electron chi connectivity index (χ4n) is 4.62. The first-order valence-corrected chi connectivity index (χ1v) is 12.2. The van der Waals surface area contributed by atoms with Gasteiger partial charge in [0.1, 0.15) is 28.9 Å². The van der Waals surface area contributed by atoms with Crippen LogP contribution in [0.1, 0.15) is 42.8 Å². The maximum absolute atomic E-state index is 14.9. The van der Waals surface area contributed by atoms with Crippen molar-refractivity contribution in [3.63, 3.8) is 0 Å². The molecule has 0 amide bonds. The lowest BCUT2D eigenvalue weighted by Gasteiger charge is -2.36. The molecule has 0 unspecified atom stereocenters. The number of ether oxygens (including phenoxy) is 1. The summed E-state index contributed by atoms with van der Waals surface area (Å²) < 4.78 is 36.8. The molecule has 186 valence electrons. The van der Waals surface area contributed by atoms with Gasteiger partial charge in [0.25, 0.3) is 0 Å². The molecular weight excluding hydrogens is 464 g/mol. The fraction of sp³-hybridized carbons (Fsp3) is 0.423. The lowest BCUT2D eigenvalue weighted by Crippen LogP contribution is -2.43. The summed E-state index contributed by atoms with van der Waals surface area (Å²) in [6.07, 6.45) is 6.14. The SMILES string of the molecule is Cc1nc2nc(N3C[C@@H](C)O[C@H](c4cnn(CC5CC5)c4)C3)nc(-c3ccc(F)cc3F)c2nc1C. The predicted octanol–water partition coefficient (Wildman–Crippen LogP) is 4.55. The molecule has 0 radical (unpaired) electrons.